The van der Waals surface area contributed by atoms with Gasteiger partial charge in [0.2, 0.25) is 0 Å². The number of rotatable bonds is 6. The summed E-state index contributed by atoms with van der Waals surface area (Å²) >= 11 is 0. The van der Waals surface area contributed by atoms with Gasteiger partial charge in [-0.05, 0) is 30.2 Å². The van der Waals surface area contributed by atoms with E-state index in [0.29, 0.717) is 12.4 Å². The second-order valence-corrected chi connectivity index (χ2v) is 4.27. The van der Waals surface area contributed by atoms with Crippen LogP contribution in [0.1, 0.15) is 11.1 Å². The smallest absolute Gasteiger partial charge is 0.123 e. The van der Waals surface area contributed by atoms with E-state index in [1.54, 1.807) is 19.4 Å². The van der Waals surface area contributed by atoms with Gasteiger partial charge >= 0.3 is 0 Å². The molecule has 1 heterocycles. The molecule has 0 aliphatic heterocycles. The summed E-state index contributed by atoms with van der Waals surface area (Å²) in [5.74, 6) is 1.37. The van der Waals surface area contributed by atoms with E-state index in [2.05, 4.69) is 17.1 Å². The summed E-state index contributed by atoms with van der Waals surface area (Å²) in [6.45, 7) is 1.22. The Morgan fingerprint density at radius 1 is 1.05 bits per heavy atom. The van der Waals surface area contributed by atoms with E-state index in [-0.39, 0.29) is 0 Å². The van der Waals surface area contributed by atoms with Gasteiger partial charge in [-0.15, -0.1) is 0 Å². The second kappa shape index (κ2) is 6.75. The van der Waals surface area contributed by atoms with Crippen LogP contribution in [0.15, 0.2) is 42.6 Å². The summed E-state index contributed by atoms with van der Waals surface area (Å²) in [4.78, 5) is 4.02. The number of benzene rings is 1. The Balaban J connectivity index is 1.87. The van der Waals surface area contributed by atoms with Crippen LogP contribution in [0, 0.1) is 0 Å². The fourth-order valence-electron chi connectivity index (χ4n) is 1.66. The highest BCUT2D eigenvalue weighted by atomic mass is 16.5. The van der Waals surface area contributed by atoms with Crippen molar-refractivity contribution in [3.05, 3.63) is 53.7 Å². The Kier molecular flexibility index (Phi) is 4.75. The molecule has 0 saturated heterocycles. The first kappa shape index (κ1) is 13.4. The molecule has 0 saturated carbocycles. The van der Waals surface area contributed by atoms with Crippen LogP contribution in [0.4, 0.5) is 5.82 Å². The lowest BCUT2D eigenvalue weighted by atomic mass is 10.1. The Bertz CT molecular complexity index is 495. The average molecular weight is 258 g/mol. The van der Waals surface area contributed by atoms with Crippen molar-refractivity contribution in [3.63, 3.8) is 0 Å². The molecule has 0 atom stereocenters. The number of hydrogen-bond donors (Lipinski definition) is 1. The fourth-order valence-corrected chi connectivity index (χ4v) is 1.66. The largest absolute Gasteiger partial charge is 0.489 e. The molecule has 1 aromatic carbocycles. The van der Waals surface area contributed by atoms with Gasteiger partial charge in [-0.3, -0.25) is 0 Å². The topological polar surface area (TPSA) is 57.4 Å². The summed E-state index contributed by atoms with van der Waals surface area (Å²) in [6, 6.07) is 11.7. The Hall–Kier alpha value is -2.07. The van der Waals surface area contributed by atoms with Gasteiger partial charge in [0.05, 0.1) is 6.61 Å². The molecule has 0 bridgehead atoms. The first-order valence-electron chi connectivity index (χ1n) is 6.19. The lowest BCUT2D eigenvalue weighted by Crippen LogP contribution is -1.98. The molecule has 0 aliphatic carbocycles. The molecule has 0 amide bonds. The highest BCUT2D eigenvalue weighted by molar-refractivity contribution is 5.30. The Morgan fingerprint density at radius 2 is 1.79 bits per heavy atom. The maximum absolute atomic E-state index is 5.68. The van der Waals surface area contributed by atoms with Gasteiger partial charge in [0, 0.05) is 18.9 Å². The van der Waals surface area contributed by atoms with Crippen LogP contribution in [0.25, 0.3) is 0 Å². The van der Waals surface area contributed by atoms with Crippen molar-refractivity contribution in [1.82, 2.24) is 4.98 Å². The SMILES string of the molecule is COCCc1ccc(OCc2ccc(N)nc2)cc1. The van der Waals surface area contributed by atoms with Gasteiger partial charge in [0.25, 0.3) is 0 Å². The van der Waals surface area contributed by atoms with Gasteiger partial charge in [-0.2, -0.15) is 0 Å². The summed E-state index contributed by atoms with van der Waals surface area (Å²) in [6.07, 6.45) is 2.64. The van der Waals surface area contributed by atoms with Crippen molar-refractivity contribution in [2.45, 2.75) is 13.0 Å². The average Bonchev–Trinajstić information content (AvgIpc) is 2.46. The fraction of sp³-hybridized carbons (Fsp3) is 0.267. The third kappa shape index (κ3) is 4.26. The van der Waals surface area contributed by atoms with Crippen LogP contribution in [-0.4, -0.2) is 18.7 Å². The highest BCUT2D eigenvalue weighted by Crippen LogP contribution is 2.14. The van der Waals surface area contributed by atoms with Crippen LogP contribution in [0.2, 0.25) is 0 Å². The zero-order chi connectivity index (χ0) is 13.5. The molecule has 100 valence electrons. The van der Waals surface area contributed by atoms with Crippen molar-refractivity contribution in [3.8, 4) is 5.75 Å². The lowest BCUT2D eigenvalue weighted by Gasteiger charge is -2.07. The molecule has 0 radical (unpaired) electrons. The van der Waals surface area contributed by atoms with E-state index in [1.807, 2.05) is 18.2 Å². The van der Waals surface area contributed by atoms with Gasteiger partial charge < -0.3 is 15.2 Å². The summed E-state index contributed by atoms with van der Waals surface area (Å²) < 4.78 is 10.7. The van der Waals surface area contributed by atoms with Gasteiger partial charge in [-0.25, -0.2) is 4.98 Å². The monoisotopic (exact) mass is 258 g/mol. The first-order chi connectivity index (χ1) is 9.28. The van der Waals surface area contributed by atoms with Crippen molar-refractivity contribution in [1.29, 1.82) is 0 Å². The second-order valence-electron chi connectivity index (χ2n) is 4.27. The number of nitrogen functional groups attached to an aromatic ring is 1. The predicted molar refractivity (Wildman–Crippen MR) is 75.0 cm³/mol. The zero-order valence-electron chi connectivity index (χ0n) is 11.0. The maximum Gasteiger partial charge on any atom is 0.123 e. The number of aromatic nitrogens is 1. The minimum Gasteiger partial charge on any atom is -0.489 e. The van der Waals surface area contributed by atoms with Gasteiger partial charge in [-0.1, -0.05) is 18.2 Å². The first-order valence-corrected chi connectivity index (χ1v) is 6.19. The molecular weight excluding hydrogens is 240 g/mol. The molecule has 1 aromatic heterocycles. The summed E-state index contributed by atoms with van der Waals surface area (Å²) in [7, 11) is 1.71. The van der Waals surface area contributed by atoms with Crippen molar-refractivity contribution >= 4 is 5.82 Å². The van der Waals surface area contributed by atoms with Crippen LogP contribution in [0.5, 0.6) is 5.75 Å². The molecule has 19 heavy (non-hydrogen) atoms. The standard InChI is InChI=1S/C15H18N2O2/c1-18-9-8-12-2-5-14(6-3-12)19-11-13-4-7-15(16)17-10-13/h2-7,10H,8-9,11H2,1H3,(H2,16,17). The third-order valence-corrected chi connectivity index (χ3v) is 2.77. The molecule has 2 N–H and O–H groups in total. The molecular formula is C15H18N2O2. The van der Waals surface area contributed by atoms with E-state index >= 15 is 0 Å². The van der Waals surface area contributed by atoms with E-state index in [4.69, 9.17) is 15.2 Å². The minimum absolute atomic E-state index is 0.491. The Labute approximate surface area is 113 Å². The molecule has 0 aliphatic rings. The minimum atomic E-state index is 0.491. The maximum atomic E-state index is 5.68. The van der Waals surface area contributed by atoms with E-state index in [0.717, 1.165) is 24.3 Å². The number of methoxy groups -OCH3 is 1. The van der Waals surface area contributed by atoms with E-state index in [9.17, 15) is 0 Å². The van der Waals surface area contributed by atoms with Gasteiger partial charge in [0.15, 0.2) is 0 Å². The molecule has 2 rings (SSSR count). The third-order valence-electron chi connectivity index (χ3n) is 2.77. The summed E-state index contributed by atoms with van der Waals surface area (Å²) in [5.41, 5.74) is 7.77. The van der Waals surface area contributed by atoms with Crippen molar-refractivity contribution < 1.29 is 9.47 Å². The Morgan fingerprint density at radius 3 is 2.42 bits per heavy atom. The van der Waals surface area contributed by atoms with Gasteiger partial charge in [0.1, 0.15) is 18.2 Å². The van der Waals surface area contributed by atoms with Crippen LogP contribution in [0.3, 0.4) is 0 Å². The molecule has 0 fully saturated rings. The van der Waals surface area contributed by atoms with Crippen molar-refractivity contribution in [2.24, 2.45) is 0 Å². The molecule has 0 unspecified atom stereocenters. The quantitative estimate of drug-likeness (QED) is 0.864. The number of ether oxygens (including phenoxy) is 2. The number of nitrogens with two attached hydrogens (primary N) is 1. The summed E-state index contributed by atoms with van der Waals surface area (Å²) in [5, 5.41) is 0. The zero-order valence-corrected chi connectivity index (χ0v) is 11.0. The normalized spacial score (nSPS) is 10.4. The number of pyridine rings is 1. The van der Waals surface area contributed by atoms with Crippen LogP contribution >= 0.6 is 0 Å². The lowest BCUT2D eigenvalue weighted by molar-refractivity contribution is 0.202. The van der Waals surface area contributed by atoms with E-state index in [1.165, 1.54) is 5.56 Å². The predicted octanol–water partition coefficient (Wildman–Crippen LogP) is 2.43. The van der Waals surface area contributed by atoms with E-state index < -0.39 is 0 Å². The molecule has 4 heteroatoms. The molecule has 0 spiro atoms. The van der Waals surface area contributed by atoms with Crippen molar-refractivity contribution in [2.75, 3.05) is 19.5 Å². The molecule has 2 aromatic rings. The highest BCUT2D eigenvalue weighted by Gasteiger charge is 1.98. The number of hydrogen-bond acceptors (Lipinski definition) is 4. The number of nitrogens with zero attached hydrogens (tertiary/aromatic N) is 1. The van der Waals surface area contributed by atoms with Crippen LogP contribution < -0.4 is 10.5 Å². The number of anilines is 1. The van der Waals surface area contributed by atoms with Crippen LogP contribution in [-0.2, 0) is 17.8 Å². The molecule has 4 nitrogen and oxygen atoms in total.